The fourth-order valence-corrected chi connectivity index (χ4v) is 2.25. The van der Waals surface area contributed by atoms with Gasteiger partial charge in [-0.15, -0.1) is 0 Å². The number of hydrogen-bond donors (Lipinski definition) is 2. The summed E-state index contributed by atoms with van der Waals surface area (Å²) in [5.41, 5.74) is 1.18. The zero-order valence-electron chi connectivity index (χ0n) is 10.8. The Balaban J connectivity index is 2.17. The molecule has 0 radical (unpaired) electrons. The lowest BCUT2D eigenvalue weighted by atomic mass is 10.0. The standard InChI is InChI=1S/C14H13N3O3/c1-8(18)9-3-2-4-10(5-9)11-6-15-14-16-7-12(19)17(14)13(11)20/h2-6,12,19H,7H2,1H3,(H,15,16). The van der Waals surface area contributed by atoms with E-state index in [1.807, 2.05) is 0 Å². The molecule has 1 aromatic heterocycles. The third-order valence-corrected chi connectivity index (χ3v) is 3.31. The molecule has 0 aliphatic carbocycles. The maximum absolute atomic E-state index is 12.4. The quantitative estimate of drug-likeness (QED) is 0.797. The van der Waals surface area contributed by atoms with E-state index < -0.39 is 6.23 Å². The number of Topliss-reactive ketones (excluding diaryl/α,β-unsaturated/α-hetero) is 1. The van der Waals surface area contributed by atoms with E-state index >= 15 is 0 Å². The fraction of sp³-hybridized carbons (Fsp3) is 0.214. The van der Waals surface area contributed by atoms with E-state index in [-0.39, 0.29) is 17.9 Å². The lowest BCUT2D eigenvalue weighted by Gasteiger charge is -2.08. The number of β-amino-alcohol motifs (C(OH)–C–C–N with tert-alkyl or cyclic N) is 1. The van der Waals surface area contributed by atoms with Crippen molar-refractivity contribution in [3.05, 3.63) is 46.4 Å². The van der Waals surface area contributed by atoms with Gasteiger partial charge in [-0.2, -0.15) is 0 Å². The second kappa shape index (κ2) is 4.57. The molecule has 1 aliphatic rings. The summed E-state index contributed by atoms with van der Waals surface area (Å²) in [5.74, 6) is 0.289. The van der Waals surface area contributed by atoms with Crippen molar-refractivity contribution in [1.29, 1.82) is 0 Å². The number of carbonyl (C=O) groups excluding carboxylic acids is 1. The Labute approximate surface area is 114 Å². The van der Waals surface area contributed by atoms with E-state index in [0.717, 1.165) is 0 Å². The third-order valence-electron chi connectivity index (χ3n) is 3.31. The number of aromatic nitrogens is 2. The second-order valence-electron chi connectivity index (χ2n) is 4.67. The molecule has 2 heterocycles. The summed E-state index contributed by atoms with van der Waals surface area (Å²) in [6.45, 7) is 1.74. The first-order valence-corrected chi connectivity index (χ1v) is 6.23. The number of aliphatic hydroxyl groups excluding tert-OH is 1. The molecule has 0 spiro atoms. The highest BCUT2D eigenvalue weighted by atomic mass is 16.3. The average Bonchev–Trinajstić information content (AvgIpc) is 2.82. The molecular formula is C14H13N3O3. The van der Waals surface area contributed by atoms with Gasteiger partial charge in [0.25, 0.3) is 5.56 Å². The van der Waals surface area contributed by atoms with Crippen LogP contribution in [0.1, 0.15) is 23.5 Å². The Morgan fingerprint density at radius 3 is 3.05 bits per heavy atom. The average molecular weight is 271 g/mol. The minimum atomic E-state index is -0.916. The summed E-state index contributed by atoms with van der Waals surface area (Å²) in [6.07, 6.45) is 0.541. The predicted molar refractivity (Wildman–Crippen MR) is 73.7 cm³/mol. The van der Waals surface area contributed by atoms with E-state index in [4.69, 9.17) is 0 Å². The van der Waals surface area contributed by atoms with Crippen LogP contribution in [0.15, 0.2) is 35.3 Å². The molecule has 102 valence electrons. The predicted octanol–water partition coefficient (Wildman–Crippen LogP) is 1.03. The van der Waals surface area contributed by atoms with E-state index in [1.54, 1.807) is 24.3 Å². The zero-order valence-corrected chi connectivity index (χ0v) is 10.8. The highest BCUT2D eigenvalue weighted by molar-refractivity contribution is 5.95. The molecule has 6 nitrogen and oxygen atoms in total. The van der Waals surface area contributed by atoms with Crippen LogP contribution in [0.25, 0.3) is 11.1 Å². The minimum absolute atomic E-state index is 0.0669. The summed E-state index contributed by atoms with van der Waals surface area (Å²) in [6, 6.07) is 6.81. The van der Waals surface area contributed by atoms with Gasteiger partial charge >= 0.3 is 0 Å². The summed E-state index contributed by atoms with van der Waals surface area (Å²) in [4.78, 5) is 27.9. The van der Waals surface area contributed by atoms with Crippen LogP contribution in [-0.4, -0.2) is 27.0 Å². The van der Waals surface area contributed by atoms with Gasteiger partial charge in [-0.25, -0.2) is 9.55 Å². The summed E-state index contributed by atoms with van der Waals surface area (Å²) < 4.78 is 1.22. The number of nitrogens with one attached hydrogen (secondary N) is 1. The number of carbonyl (C=O) groups is 1. The fourth-order valence-electron chi connectivity index (χ4n) is 2.25. The summed E-state index contributed by atoms with van der Waals surface area (Å²) >= 11 is 0. The molecular weight excluding hydrogens is 258 g/mol. The summed E-state index contributed by atoms with van der Waals surface area (Å²) in [7, 11) is 0. The lowest BCUT2D eigenvalue weighted by Crippen LogP contribution is -2.24. The molecule has 0 fully saturated rings. The van der Waals surface area contributed by atoms with Gasteiger partial charge in [-0.1, -0.05) is 18.2 Å². The van der Waals surface area contributed by atoms with Crippen molar-refractivity contribution < 1.29 is 9.90 Å². The van der Waals surface area contributed by atoms with Gasteiger partial charge in [0.05, 0.1) is 12.1 Å². The molecule has 0 amide bonds. The molecule has 2 aromatic rings. The molecule has 20 heavy (non-hydrogen) atoms. The van der Waals surface area contributed by atoms with Crippen LogP contribution in [0, 0.1) is 0 Å². The van der Waals surface area contributed by atoms with Gasteiger partial charge < -0.3 is 10.4 Å². The van der Waals surface area contributed by atoms with Crippen molar-refractivity contribution in [1.82, 2.24) is 9.55 Å². The maximum atomic E-state index is 12.4. The van der Waals surface area contributed by atoms with Crippen LogP contribution < -0.4 is 10.9 Å². The van der Waals surface area contributed by atoms with Gasteiger partial charge in [0.15, 0.2) is 12.0 Å². The Kier molecular flexibility index (Phi) is 2.87. The molecule has 0 saturated carbocycles. The van der Waals surface area contributed by atoms with Crippen LogP contribution in [-0.2, 0) is 0 Å². The number of rotatable bonds is 2. The van der Waals surface area contributed by atoms with Gasteiger partial charge in [0, 0.05) is 11.8 Å². The number of fused-ring (bicyclic) bond motifs is 1. The van der Waals surface area contributed by atoms with E-state index in [0.29, 0.717) is 22.6 Å². The van der Waals surface area contributed by atoms with Crippen molar-refractivity contribution in [2.75, 3.05) is 11.9 Å². The smallest absolute Gasteiger partial charge is 0.264 e. The van der Waals surface area contributed by atoms with E-state index in [2.05, 4.69) is 10.3 Å². The Morgan fingerprint density at radius 1 is 1.50 bits per heavy atom. The van der Waals surface area contributed by atoms with Crippen LogP contribution in [0.2, 0.25) is 0 Å². The van der Waals surface area contributed by atoms with E-state index in [1.165, 1.54) is 17.7 Å². The number of anilines is 1. The SMILES string of the molecule is CC(=O)c1cccc(-c2cnc3n(c2=O)C(O)CN3)c1. The van der Waals surface area contributed by atoms with E-state index in [9.17, 15) is 14.7 Å². The van der Waals surface area contributed by atoms with Crippen LogP contribution in [0.3, 0.4) is 0 Å². The normalized spacial score (nSPS) is 16.6. The first-order valence-electron chi connectivity index (χ1n) is 6.23. The molecule has 1 aromatic carbocycles. The molecule has 1 aliphatic heterocycles. The Morgan fingerprint density at radius 2 is 2.30 bits per heavy atom. The van der Waals surface area contributed by atoms with Crippen molar-refractivity contribution in [3.63, 3.8) is 0 Å². The zero-order chi connectivity index (χ0) is 14.3. The van der Waals surface area contributed by atoms with Gasteiger partial charge in [0.2, 0.25) is 5.95 Å². The van der Waals surface area contributed by atoms with Crippen LogP contribution in [0.5, 0.6) is 0 Å². The minimum Gasteiger partial charge on any atom is -0.371 e. The van der Waals surface area contributed by atoms with Gasteiger partial charge in [0.1, 0.15) is 0 Å². The topological polar surface area (TPSA) is 84.2 Å². The molecule has 6 heteroatoms. The number of aliphatic hydroxyl groups is 1. The van der Waals surface area contributed by atoms with Crippen molar-refractivity contribution >= 4 is 11.7 Å². The highest BCUT2D eigenvalue weighted by Crippen LogP contribution is 2.21. The largest absolute Gasteiger partial charge is 0.371 e. The Bertz CT molecular complexity index is 752. The number of nitrogens with zero attached hydrogens (tertiary/aromatic N) is 2. The monoisotopic (exact) mass is 271 g/mol. The van der Waals surface area contributed by atoms with Gasteiger partial charge in [-0.3, -0.25) is 9.59 Å². The van der Waals surface area contributed by atoms with Gasteiger partial charge in [-0.05, 0) is 18.6 Å². The molecule has 3 rings (SSSR count). The Hall–Kier alpha value is -2.47. The molecule has 1 atom stereocenters. The third kappa shape index (κ3) is 1.90. The molecule has 1 unspecified atom stereocenters. The van der Waals surface area contributed by atoms with Crippen molar-refractivity contribution in [3.8, 4) is 11.1 Å². The first kappa shape index (κ1) is 12.6. The maximum Gasteiger partial charge on any atom is 0.264 e. The van der Waals surface area contributed by atoms with Crippen molar-refractivity contribution in [2.24, 2.45) is 0 Å². The van der Waals surface area contributed by atoms with Crippen LogP contribution >= 0.6 is 0 Å². The van der Waals surface area contributed by atoms with Crippen LogP contribution in [0.4, 0.5) is 5.95 Å². The summed E-state index contributed by atoms with van der Waals surface area (Å²) in [5, 5.41) is 12.6. The number of hydrogen-bond acceptors (Lipinski definition) is 5. The van der Waals surface area contributed by atoms with Crippen molar-refractivity contribution in [2.45, 2.75) is 13.2 Å². The first-order chi connectivity index (χ1) is 9.58. The molecule has 0 bridgehead atoms. The molecule has 2 N–H and O–H groups in total. The number of benzene rings is 1. The lowest BCUT2D eigenvalue weighted by molar-refractivity contribution is 0.101. The molecule has 0 saturated heterocycles. The highest BCUT2D eigenvalue weighted by Gasteiger charge is 2.23. The second-order valence-corrected chi connectivity index (χ2v) is 4.67. The number of ketones is 1.